The molecule has 1 saturated heterocycles. The molecule has 0 unspecified atom stereocenters. The fourth-order valence-electron chi connectivity index (χ4n) is 1.73. The van der Waals surface area contributed by atoms with Gasteiger partial charge in [-0.15, -0.1) is 0 Å². The fraction of sp³-hybridized carbons (Fsp3) is 0.500. The lowest BCUT2D eigenvalue weighted by molar-refractivity contribution is -0.134. The van der Waals surface area contributed by atoms with Gasteiger partial charge in [0.05, 0.1) is 13.1 Å². The molecule has 8 nitrogen and oxygen atoms in total. The van der Waals surface area contributed by atoms with Crippen LogP contribution in [0.4, 0.5) is 0 Å². The van der Waals surface area contributed by atoms with Gasteiger partial charge in [0.15, 0.2) is 11.5 Å². The van der Waals surface area contributed by atoms with Crippen molar-refractivity contribution >= 4 is 11.8 Å². The van der Waals surface area contributed by atoms with Gasteiger partial charge in [0.1, 0.15) is 0 Å². The highest BCUT2D eigenvalue weighted by Crippen LogP contribution is 2.10. The number of rotatable bonds is 3. The van der Waals surface area contributed by atoms with Crippen LogP contribution in [0.5, 0.6) is 0 Å². The fourth-order valence-corrected chi connectivity index (χ4v) is 1.73. The monoisotopic (exact) mass is 253 g/mol. The molecule has 0 aliphatic carbocycles. The molecule has 3 N–H and O–H groups in total. The van der Waals surface area contributed by atoms with E-state index >= 15 is 0 Å². The number of nitrogens with zero attached hydrogens (tertiary/aromatic N) is 3. The van der Waals surface area contributed by atoms with E-state index < -0.39 is 5.91 Å². The van der Waals surface area contributed by atoms with E-state index in [1.807, 2.05) is 10.3 Å². The van der Waals surface area contributed by atoms with Gasteiger partial charge < -0.3 is 9.42 Å². The maximum Gasteiger partial charge on any atom is 0.287 e. The first kappa shape index (κ1) is 12.5. The van der Waals surface area contributed by atoms with Crippen LogP contribution in [-0.4, -0.2) is 53.5 Å². The predicted octanol–water partition coefficient (Wildman–Crippen LogP) is -1.45. The number of hydrazine groups is 1. The summed E-state index contributed by atoms with van der Waals surface area (Å²) in [5.74, 6) is 5.09. The number of carbonyl (C=O) groups excluding carboxylic acids is 2. The van der Waals surface area contributed by atoms with Crippen molar-refractivity contribution in [1.82, 2.24) is 20.4 Å². The second kappa shape index (κ2) is 5.15. The van der Waals surface area contributed by atoms with Crippen LogP contribution in [0.25, 0.3) is 0 Å². The van der Waals surface area contributed by atoms with Crippen LogP contribution >= 0.6 is 0 Å². The summed E-state index contributed by atoms with van der Waals surface area (Å²) in [4.78, 5) is 26.3. The van der Waals surface area contributed by atoms with Gasteiger partial charge in [-0.2, -0.15) is 0 Å². The molecule has 1 aliphatic heterocycles. The van der Waals surface area contributed by atoms with Crippen LogP contribution in [0.1, 0.15) is 16.2 Å². The Morgan fingerprint density at radius 1 is 1.61 bits per heavy atom. The number of hydrogen-bond acceptors (Lipinski definition) is 6. The molecule has 0 spiro atoms. The SMILES string of the molecule is CN1CCN(Cc2cc(C(=O)NN)no2)CC1=O. The minimum absolute atomic E-state index is 0.0701. The average Bonchev–Trinajstić information content (AvgIpc) is 2.81. The average molecular weight is 253 g/mol. The Morgan fingerprint density at radius 2 is 2.39 bits per heavy atom. The number of piperazine rings is 1. The first-order valence-corrected chi connectivity index (χ1v) is 5.53. The smallest absolute Gasteiger partial charge is 0.287 e. The minimum Gasteiger partial charge on any atom is -0.359 e. The number of carbonyl (C=O) groups is 2. The van der Waals surface area contributed by atoms with E-state index in [1.165, 1.54) is 6.07 Å². The van der Waals surface area contributed by atoms with Crippen molar-refractivity contribution in [3.63, 3.8) is 0 Å². The molecule has 1 fully saturated rings. The Bertz CT molecular complexity index is 458. The van der Waals surface area contributed by atoms with Crippen LogP contribution in [0.15, 0.2) is 10.6 Å². The van der Waals surface area contributed by atoms with Gasteiger partial charge >= 0.3 is 0 Å². The van der Waals surface area contributed by atoms with E-state index in [0.29, 0.717) is 25.4 Å². The second-order valence-corrected chi connectivity index (χ2v) is 4.18. The molecule has 0 aromatic carbocycles. The summed E-state index contributed by atoms with van der Waals surface area (Å²) in [6.07, 6.45) is 0. The highest BCUT2D eigenvalue weighted by Gasteiger charge is 2.22. The van der Waals surface area contributed by atoms with Crippen LogP contribution in [0, 0.1) is 0 Å². The summed E-state index contributed by atoms with van der Waals surface area (Å²) >= 11 is 0. The second-order valence-electron chi connectivity index (χ2n) is 4.18. The van der Waals surface area contributed by atoms with Crippen LogP contribution in [0.3, 0.4) is 0 Å². The standard InChI is InChI=1S/C10H15N5O3/c1-14-2-3-15(6-9(14)16)5-7-4-8(13-18-7)10(17)12-11/h4H,2-3,5-6,11H2,1H3,(H,12,17). The van der Waals surface area contributed by atoms with Crippen molar-refractivity contribution < 1.29 is 14.1 Å². The van der Waals surface area contributed by atoms with Gasteiger partial charge in [0, 0.05) is 26.2 Å². The lowest BCUT2D eigenvalue weighted by Gasteiger charge is -2.31. The molecule has 0 bridgehead atoms. The first-order valence-electron chi connectivity index (χ1n) is 5.53. The zero-order chi connectivity index (χ0) is 13.1. The van der Waals surface area contributed by atoms with E-state index in [1.54, 1.807) is 11.9 Å². The van der Waals surface area contributed by atoms with Gasteiger partial charge in [0.25, 0.3) is 5.91 Å². The largest absolute Gasteiger partial charge is 0.359 e. The maximum atomic E-state index is 11.5. The van der Waals surface area contributed by atoms with Crippen LogP contribution < -0.4 is 11.3 Å². The number of nitrogens with one attached hydrogen (secondary N) is 1. The summed E-state index contributed by atoms with van der Waals surface area (Å²) in [6.45, 7) is 2.24. The van der Waals surface area contributed by atoms with E-state index in [2.05, 4.69) is 5.16 Å². The number of hydrogen-bond donors (Lipinski definition) is 2. The van der Waals surface area contributed by atoms with Crippen molar-refractivity contribution in [2.24, 2.45) is 5.84 Å². The summed E-state index contributed by atoms with van der Waals surface area (Å²) in [5.41, 5.74) is 2.11. The molecule has 0 saturated carbocycles. The molecule has 2 rings (SSSR count). The molecule has 0 radical (unpaired) electrons. The lowest BCUT2D eigenvalue weighted by atomic mass is 10.3. The summed E-state index contributed by atoms with van der Waals surface area (Å²) in [5, 5.41) is 3.60. The molecular weight excluding hydrogens is 238 g/mol. The van der Waals surface area contributed by atoms with Gasteiger partial charge in [-0.1, -0.05) is 5.16 Å². The van der Waals surface area contributed by atoms with Crippen LogP contribution in [-0.2, 0) is 11.3 Å². The highest BCUT2D eigenvalue weighted by molar-refractivity contribution is 5.91. The normalized spacial score (nSPS) is 17.0. The van der Waals surface area contributed by atoms with Crippen molar-refractivity contribution in [2.45, 2.75) is 6.54 Å². The van der Waals surface area contributed by atoms with Gasteiger partial charge in [-0.25, -0.2) is 5.84 Å². The maximum absolute atomic E-state index is 11.5. The number of aromatic nitrogens is 1. The van der Waals surface area contributed by atoms with Crippen LogP contribution in [0.2, 0.25) is 0 Å². The third-order valence-electron chi connectivity index (χ3n) is 2.84. The first-order chi connectivity index (χ1) is 8.60. The minimum atomic E-state index is -0.501. The van der Waals surface area contributed by atoms with E-state index in [9.17, 15) is 9.59 Å². The molecule has 1 aliphatic rings. The summed E-state index contributed by atoms with van der Waals surface area (Å²) in [6, 6.07) is 1.52. The molecule has 2 amide bonds. The van der Waals surface area contributed by atoms with Crippen molar-refractivity contribution in [1.29, 1.82) is 0 Å². The third kappa shape index (κ3) is 2.66. The summed E-state index contributed by atoms with van der Waals surface area (Å²) in [7, 11) is 1.78. The van der Waals surface area contributed by atoms with E-state index in [-0.39, 0.29) is 11.6 Å². The Labute approximate surface area is 104 Å². The molecule has 98 valence electrons. The third-order valence-corrected chi connectivity index (χ3v) is 2.84. The quantitative estimate of drug-likeness (QED) is 0.388. The molecule has 1 aromatic rings. The number of likely N-dealkylation sites (N-methyl/N-ethyl adjacent to an activating group) is 1. The summed E-state index contributed by atoms with van der Waals surface area (Å²) < 4.78 is 5.02. The van der Waals surface area contributed by atoms with Crippen molar-refractivity contribution in [3.8, 4) is 0 Å². The highest BCUT2D eigenvalue weighted by atomic mass is 16.5. The van der Waals surface area contributed by atoms with Crippen molar-refractivity contribution in [2.75, 3.05) is 26.7 Å². The van der Waals surface area contributed by atoms with Gasteiger partial charge in [-0.05, 0) is 0 Å². The predicted molar refractivity (Wildman–Crippen MR) is 61.1 cm³/mol. The Morgan fingerprint density at radius 3 is 3.06 bits per heavy atom. The zero-order valence-corrected chi connectivity index (χ0v) is 10.0. The topological polar surface area (TPSA) is 105 Å². The number of nitrogen functional groups attached to an aromatic ring is 1. The Balaban J connectivity index is 1.95. The number of nitrogens with two attached hydrogens (primary N) is 1. The Hall–Kier alpha value is -1.93. The van der Waals surface area contributed by atoms with E-state index in [4.69, 9.17) is 10.4 Å². The molecule has 1 aromatic heterocycles. The number of amides is 2. The molecular formula is C10H15N5O3. The van der Waals surface area contributed by atoms with Gasteiger partial charge in [-0.3, -0.25) is 19.9 Å². The zero-order valence-electron chi connectivity index (χ0n) is 10.0. The molecule has 18 heavy (non-hydrogen) atoms. The lowest BCUT2D eigenvalue weighted by Crippen LogP contribution is -2.47. The van der Waals surface area contributed by atoms with E-state index in [0.717, 1.165) is 6.54 Å². The van der Waals surface area contributed by atoms with Gasteiger partial charge in [0.2, 0.25) is 5.91 Å². The molecule has 0 atom stereocenters. The molecule has 2 heterocycles. The Kier molecular flexibility index (Phi) is 3.58. The molecule has 8 heteroatoms. The van der Waals surface area contributed by atoms with Crippen molar-refractivity contribution in [3.05, 3.63) is 17.5 Å².